The van der Waals surface area contributed by atoms with Crippen molar-refractivity contribution in [2.24, 2.45) is 11.8 Å². The highest BCUT2D eigenvalue weighted by Gasteiger charge is 2.46. The predicted molar refractivity (Wildman–Crippen MR) is 91.8 cm³/mol. The van der Waals surface area contributed by atoms with Crippen LogP contribution in [0, 0.1) is 11.8 Å². The van der Waals surface area contributed by atoms with E-state index >= 15 is 0 Å². The minimum atomic E-state index is -0.312. The van der Waals surface area contributed by atoms with E-state index in [1.54, 1.807) is 12.1 Å². The zero-order valence-electron chi connectivity index (χ0n) is 12.8. The number of hydrogen-bond acceptors (Lipinski definition) is 3. The summed E-state index contributed by atoms with van der Waals surface area (Å²) in [6, 6.07) is 4.76. The summed E-state index contributed by atoms with van der Waals surface area (Å²) in [7, 11) is 0. The Hall–Kier alpha value is -1.85. The highest BCUT2D eigenvalue weighted by atomic mass is 35.5. The first kappa shape index (κ1) is 17.0. The third-order valence-corrected chi connectivity index (χ3v) is 4.91. The van der Waals surface area contributed by atoms with Crippen LogP contribution in [0.1, 0.15) is 19.3 Å². The molecule has 0 aromatic heterocycles. The summed E-state index contributed by atoms with van der Waals surface area (Å²) < 4.78 is 0. The van der Waals surface area contributed by atoms with Gasteiger partial charge in [0.25, 0.3) is 0 Å². The van der Waals surface area contributed by atoms with Crippen molar-refractivity contribution in [3.05, 3.63) is 40.4 Å². The first-order valence-electron chi connectivity index (χ1n) is 7.72. The maximum absolute atomic E-state index is 12.3. The van der Waals surface area contributed by atoms with Crippen LogP contribution in [0.3, 0.4) is 0 Å². The molecule has 1 aliphatic carbocycles. The summed E-state index contributed by atoms with van der Waals surface area (Å²) in [5.74, 6) is -1.20. The fraction of sp³-hybridized carbons (Fsp3) is 0.353. The van der Waals surface area contributed by atoms with Crippen molar-refractivity contribution in [3.8, 4) is 0 Å². The minimum absolute atomic E-state index is 0.0311. The quantitative estimate of drug-likeness (QED) is 0.656. The van der Waals surface area contributed by atoms with Crippen LogP contribution < -0.4 is 5.32 Å². The van der Waals surface area contributed by atoms with Gasteiger partial charge in [-0.05, 0) is 31.0 Å². The molecule has 0 bridgehead atoms. The van der Waals surface area contributed by atoms with Crippen LogP contribution in [-0.4, -0.2) is 29.2 Å². The number of fused-ring (bicyclic) bond motifs is 1. The lowest BCUT2D eigenvalue weighted by Crippen LogP contribution is -2.34. The van der Waals surface area contributed by atoms with Crippen LogP contribution in [0.15, 0.2) is 30.4 Å². The highest BCUT2D eigenvalue weighted by molar-refractivity contribution is 6.36. The monoisotopic (exact) mass is 366 g/mol. The molecule has 5 nitrogen and oxygen atoms in total. The smallest absolute Gasteiger partial charge is 0.233 e. The number of rotatable bonds is 4. The summed E-state index contributed by atoms with van der Waals surface area (Å²) in [4.78, 5) is 37.9. The van der Waals surface area contributed by atoms with Gasteiger partial charge in [-0.25, -0.2) is 0 Å². The Kier molecular flexibility index (Phi) is 4.92. The van der Waals surface area contributed by atoms with Crippen molar-refractivity contribution < 1.29 is 14.4 Å². The number of imide groups is 1. The second kappa shape index (κ2) is 6.95. The first-order valence-corrected chi connectivity index (χ1v) is 8.48. The van der Waals surface area contributed by atoms with Crippen LogP contribution >= 0.6 is 23.2 Å². The van der Waals surface area contributed by atoms with E-state index in [0.29, 0.717) is 28.6 Å². The largest absolute Gasteiger partial charge is 0.325 e. The van der Waals surface area contributed by atoms with Gasteiger partial charge in [-0.1, -0.05) is 35.4 Å². The molecular weight excluding hydrogens is 351 g/mol. The van der Waals surface area contributed by atoms with Crippen molar-refractivity contribution in [2.75, 3.05) is 11.9 Å². The van der Waals surface area contributed by atoms with Gasteiger partial charge < -0.3 is 5.32 Å². The van der Waals surface area contributed by atoms with Crippen molar-refractivity contribution in [1.29, 1.82) is 0 Å². The molecule has 7 heteroatoms. The van der Waals surface area contributed by atoms with E-state index in [4.69, 9.17) is 23.2 Å². The van der Waals surface area contributed by atoms with E-state index in [1.165, 1.54) is 11.0 Å². The number of carbonyl (C=O) groups excluding carboxylic acids is 3. The first-order chi connectivity index (χ1) is 11.5. The van der Waals surface area contributed by atoms with Crippen LogP contribution in [0.4, 0.5) is 5.69 Å². The second-order valence-corrected chi connectivity index (χ2v) is 6.75. The number of likely N-dealkylation sites (tertiary alicyclic amines) is 1. The van der Waals surface area contributed by atoms with Gasteiger partial charge in [0.1, 0.15) is 0 Å². The predicted octanol–water partition coefficient (Wildman–Crippen LogP) is 3.27. The number of nitrogens with one attached hydrogen (secondary N) is 1. The third kappa shape index (κ3) is 3.32. The number of halogens is 2. The number of carbonyl (C=O) groups is 3. The standard InChI is InChI=1S/C17H16Cl2N2O3/c18-10-5-6-14(13(19)9-10)20-15(22)7-8-21-16(23)11-3-1-2-4-12(11)17(21)24/h1-2,5-6,9,11-12H,3-4,7-8H2,(H,20,22). The van der Waals surface area contributed by atoms with Gasteiger partial charge >= 0.3 is 0 Å². The highest BCUT2D eigenvalue weighted by Crippen LogP contribution is 2.35. The van der Waals surface area contributed by atoms with E-state index in [2.05, 4.69) is 5.32 Å². The van der Waals surface area contributed by atoms with E-state index in [1.807, 2.05) is 12.2 Å². The maximum Gasteiger partial charge on any atom is 0.233 e. The Labute approximate surface area is 149 Å². The molecule has 0 spiro atoms. The Balaban J connectivity index is 1.58. The molecule has 126 valence electrons. The molecule has 0 radical (unpaired) electrons. The molecule has 1 fully saturated rings. The molecule has 1 aliphatic heterocycles. The van der Waals surface area contributed by atoms with E-state index in [9.17, 15) is 14.4 Å². The molecule has 0 saturated carbocycles. The summed E-state index contributed by atoms with van der Waals surface area (Å²) in [5, 5.41) is 3.47. The summed E-state index contributed by atoms with van der Waals surface area (Å²) >= 11 is 11.8. The summed E-state index contributed by atoms with van der Waals surface area (Å²) in [6.45, 7) is 0.0850. The Morgan fingerprint density at radius 3 is 2.33 bits per heavy atom. The van der Waals surface area contributed by atoms with E-state index < -0.39 is 0 Å². The molecule has 2 aliphatic rings. The van der Waals surface area contributed by atoms with Gasteiger partial charge in [0, 0.05) is 18.0 Å². The fourth-order valence-corrected chi connectivity index (χ4v) is 3.56. The third-order valence-electron chi connectivity index (χ3n) is 4.37. The number of anilines is 1. The SMILES string of the molecule is O=C(CCN1C(=O)C2CC=CCC2C1=O)Nc1ccc(Cl)cc1Cl. The maximum atomic E-state index is 12.3. The zero-order chi connectivity index (χ0) is 17.3. The Morgan fingerprint density at radius 1 is 1.12 bits per heavy atom. The lowest BCUT2D eigenvalue weighted by Gasteiger charge is -2.14. The van der Waals surface area contributed by atoms with Crippen molar-refractivity contribution in [2.45, 2.75) is 19.3 Å². The second-order valence-electron chi connectivity index (χ2n) is 5.91. The number of allylic oxidation sites excluding steroid dienone is 2. The van der Waals surface area contributed by atoms with Crippen LogP contribution in [0.25, 0.3) is 0 Å². The van der Waals surface area contributed by atoms with Crippen molar-refractivity contribution >= 4 is 46.6 Å². The normalized spacial score (nSPS) is 22.7. The average molecular weight is 367 g/mol. The summed E-state index contributed by atoms with van der Waals surface area (Å²) in [5.41, 5.74) is 0.447. The topological polar surface area (TPSA) is 66.5 Å². The number of benzene rings is 1. The molecule has 3 amide bonds. The van der Waals surface area contributed by atoms with Crippen LogP contribution in [0.2, 0.25) is 10.0 Å². The molecule has 1 aromatic carbocycles. The molecule has 1 aromatic rings. The zero-order valence-corrected chi connectivity index (χ0v) is 14.3. The Bertz CT molecular complexity index is 707. The number of hydrogen-bond donors (Lipinski definition) is 1. The molecule has 24 heavy (non-hydrogen) atoms. The van der Waals surface area contributed by atoms with Gasteiger partial charge in [-0.2, -0.15) is 0 Å². The molecule has 2 atom stereocenters. The number of nitrogens with zero attached hydrogens (tertiary/aromatic N) is 1. The minimum Gasteiger partial charge on any atom is -0.325 e. The van der Waals surface area contributed by atoms with Crippen LogP contribution in [-0.2, 0) is 14.4 Å². The summed E-state index contributed by atoms with van der Waals surface area (Å²) in [6.07, 6.45) is 5.09. The molecule has 3 rings (SSSR count). The van der Waals surface area contributed by atoms with E-state index in [-0.39, 0.29) is 42.5 Å². The molecule has 1 heterocycles. The number of amides is 3. The van der Waals surface area contributed by atoms with Crippen molar-refractivity contribution in [1.82, 2.24) is 4.90 Å². The average Bonchev–Trinajstić information content (AvgIpc) is 2.80. The van der Waals surface area contributed by atoms with Gasteiger partial charge in [0.2, 0.25) is 17.7 Å². The van der Waals surface area contributed by atoms with Gasteiger partial charge in [0.05, 0.1) is 22.5 Å². The van der Waals surface area contributed by atoms with Crippen molar-refractivity contribution in [3.63, 3.8) is 0 Å². The van der Waals surface area contributed by atoms with E-state index in [0.717, 1.165) is 0 Å². The molecule has 2 unspecified atom stereocenters. The lowest BCUT2D eigenvalue weighted by atomic mass is 9.85. The molecule has 1 N–H and O–H groups in total. The lowest BCUT2D eigenvalue weighted by molar-refractivity contribution is -0.140. The Morgan fingerprint density at radius 2 is 1.75 bits per heavy atom. The van der Waals surface area contributed by atoms with Crippen LogP contribution in [0.5, 0.6) is 0 Å². The van der Waals surface area contributed by atoms with Gasteiger partial charge in [-0.15, -0.1) is 0 Å². The fourth-order valence-electron chi connectivity index (χ4n) is 3.11. The van der Waals surface area contributed by atoms with Gasteiger partial charge in [-0.3, -0.25) is 19.3 Å². The molecule has 1 saturated heterocycles. The van der Waals surface area contributed by atoms with Gasteiger partial charge in [0.15, 0.2) is 0 Å². The molecular formula is C17H16Cl2N2O3.